The maximum Gasteiger partial charge on any atom is 0.337 e. The van der Waals surface area contributed by atoms with Crippen LogP contribution in [0.15, 0.2) is 29.3 Å². The Kier molecular flexibility index (Phi) is 4.32. The van der Waals surface area contributed by atoms with Crippen molar-refractivity contribution in [2.75, 3.05) is 14.2 Å². The number of nitrogens with one attached hydrogen (secondary N) is 1. The lowest BCUT2D eigenvalue weighted by molar-refractivity contribution is 0.0600. The van der Waals surface area contributed by atoms with E-state index in [9.17, 15) is 4.79 Å². The van der Waals surface area contributed by atoms with Crippen molar-refractivity contribution in [2.24, 2.45) is 10.7 Å². The largest absolute Gasteiger partial charge is 0.465 e. The van der Waals surface area contributed by atoms with Gasteiger partial charge >= 0.3 is 5.97 Å². The van der Waals surface area contributed by atoms with Crippen LogP contribution in [0.5, 0.6) is 0 Å². The molecule has 0 spiro atoms. The van der Waals surface area contributed by atoms with Crippen LogP contribution >= 0.6 is 0 Å². The highest BCUT2D eigenvalue weighted by molar-refractivity contribution is 5.89. The summed E-state index contributed by atoms with van der Waals surface area (Å²) >= 11 is 0. The van der Waals surface area contributed by atoms with E-state index in [0.717, 1.165) is 5.56 Å². The van der Waals surface area contributed by atoms with Crippen LogP contribution in [0.1, 0.15) is 15.9 Å². The molecule has 0 amide bonds. The van der Waals surface area contributed by atoms with E-state index >= 15 is 0 Å². The number of ether oxygens (including phenoxy) is 1. The van der Waals surface area contributed by atoms with Gasteiger partial charge < -0.3 is 15.8 Å². The summed E-state index contributed by atoms with van der Waals surface area (Å²) in [4.78, 5) is 15.0. The molecule has 1 rings (SSSR count). The van der Waals surface area contributed by atoms with Crippen molar-refractivity contribution < 1.29 is 9.53 Å². The molecular weight excluding hydrogens is 206 g/mol. The number of benzene rings is 1. The van der Waals surface area contributed by atoms with E-state index in [1.807, 2.05) is 6.07 Å². The van der Waals surface area contributed by atoms with E-state index < -0.39 is 0 Å². The van der Waals surface area contributed by atoms with Gasteiger partial charge in [0.15, 0.2) is 5.96 Å². The number of carbonyl (C=O) groups excluding carboxylic acids is 1. The van der Waals surface area contributed by atoms with Gasteiger partial charge in [-0.1, -0.05) is 12.1 Å². The third-order valence-corrected chi connectivity index (χ3v) is 2.06. The van der Waals surface area contributed by atoms with Crippen molar-refractivity contribution in [3.8, 4) is 0 Å². The van der Waals surface area contributed by atoms with E-state index in [-0.39, 0.29) is 5.97 Å². The normalized spacial score (nSPS) is 11.0. The molecule has 0 saturated carbocycles. The summed E-state index contributed by atoms with van der Waals surface area (Å²) in [5.41, 5.74) is 6.95. The van der Waals surface area contributed by atoms with E-state index in [1.165, 1.54) is 7.11 Å². The van der Waals surface area contributed by atoms with Crippen LogP contribution in [0.25, 0.3) is 0 Å². The first-order valence-corrected chi connectivity index (χ1v) is 4.80. The lowest BCUT2D eigenvalue weighted by Gasteiger charge is -2.06. The highest BCUT2D eigenvalue weighted by Crippen LogP contribution is 2.06. The molecule has 5 nitrogen and oxygen atoms in total. The molecule has 0 atom stereocenters. The summed E-state index contributed by atoms with van der Waals surface area (Å²) in [6, 6.07) is 7.14. The second kappa shape index (κ2) is 5.75. The van der Waals surface area contributed by atoms with E-state index in [0.29, 0.717) is 18.1 Å². The summed E-state index contributed by atoms with van der Waals surface area (Å²) < 4.78 is 4.63. The molecule has 5 heteroatoms. The Bertz CT molecular complexity index is 402. The van der Waals surface area contributed by atoms with Crippen molar-refractivity contribution in [3.05, 3.63) is 35.4 Å². The average Bonchev–Trinajstić information content (AvgIpc) is 2.35. The standard InChI is InChI=1S/C11H15N3O2/c1-13-11(12)14-7-8-4-3-5-9(6-8)10(15)16-2/h3-6H,7H2,1-2H3,(H3,12,13,14). The van der Waals surface area contributed by atoms with Gasteiger partial charge in [-0.2, -0.15) is 0 Å². The highest BCUT2D eigenvalue weighted by atomic mass is 16.5. The summed E-state index contributed by atoms with van der Waals surface area (Å²) in [5, 5.41) is 2.91. The Labute approximate surface area is 94.3 Å². The number of aliphatic imine (C=N–C) groups is 1. The Morgan fingerprint density at radius 3 is 2.94 bits per heavy atom. The van der Waals surface area contributed by atoms with Crippen LogP contribution < -0.4 is 11.1 Å². The van der Waals surface area contributed by atoms with Gasteiger partial charge in [0.25, 0.3) is 0 Å². The van der Waals surface area contributed by atoms with Gasteiger partial charge in [-0.3, -0.25) is 4.99 Å². The van der Waals surface area contributed by atoms with Gasteiger partial charge in [-0.05, 0) is 17.7 Å². The lowest BCUT2D eigenvalue weighted by atomic mass is 10.1. The zero-order valence-corrected chi connectivity index (χ0v) is 9.36. The number of rotatable bonds is 3. The minimum absolute atomic E-state index is 0.348. The number of nitrogens with two attached hydrogens (primary N) is 1. The Morgan fingerprint density at radius 1 is 1.56 bits per heavy atom. The van der Waals surface area contributed by atoms with Gasteiger partial charge in [0.1, 0.15) is 0 Å². The summed E-state index contributed by atoms with van der Waals surface area (Å²) in [6.07, 6.45) is 0. The fraction of sp³-hybridized carbons (Fsp3) is 0.273. The highest BCUT2D eigenvalue weighted by Gasteiger charge is 2.05. The molecule has 0 fully saturated rings. The first-order valence-electron chi connectivity index (χ1n) is 4.80. The summed E-state index contributed by atoms with van der Waals surface area (Å²) in [7, 11) is 2.96. The number of nitrogens with zero attached hydrogens (tertiary/aromatic N) is 1. The molecule has 0 saturated heterocycles. The zero-order chi connectivity index (χ0) is 12.0. The second-order valence-corrected chi connectivity index (χ2v) is 3.15. The quantitative estimate of drug-likeness (QED) is 0.443. The van der Waals surface area contributed by atoms with Gasteiger partial charge in [0, 0.05) is 13.6 Å². The topological polar surface area (TPSA) is 76.7 Å². The first-order chi connectivity index (χ1) is 7.67. The molecule has 0 unspecified atom stereocenters. The molecule has 0 aliphatic rings. The van der Waals surface area contributed by atoms with Crippen molar-refractivity contribution in [1.29, 1.82) is 0 Å². The molecule has 0 bridgehead atoms. The molecule has 0 aromatic heterocycles. The van der Waals surface area contributed by atoms with Crippen LogP contribution in [0.3, 0.4) is 0 Å². The maximum atomic E-state index is 11.3. The van der Waals surface area contributed by atoms with Crippen LogP contribution in [-0.2, 0) is 11.3 Å². The molecule has 16 heavy (non-hydrogen) atoms. The minimum Gasteiger partial charge on any atom is -0.465 e. The maximum absolute atomic E-state index is 11.3. The first kappa shape index (κ1) is 12.0. The van der Waals surface area contributed by atoms with E-state index in [4.69, 9.17) is 5.73 Å². The van der Waals surface area contributed by atoms with Crippen LogP contribution in [0.2, 0.25) is 0 Å². The number of esters is 1. The lowest BCUT2D eigenvalue weighted by Crippen LogP contribution is -2.30. The fourth-order valence-corrected chi connectivity index (χ4v) is 1.20. The molecule has 0 heterocycles. The SMILES string of the molecule is CN=C(N)NCc1cccc(C(=O)OC)c1. The molecule has 3 N–H and O–H groups in total. The van der Waals surface area contributed by atoms with Gasteiger partial charge in [0.05, 0.1) is 12.7 Å². The molecule has 1 aromatic rings. The summed E-state index contributed by atoms with van der Waals surface area (Å²) in [6.45, 7) is 0.522. The summed E-state index contributed by atoms with van der Waals surface area (Å²) in [5.74, 6) is 0.0162. The van der Waals surface area contributed by atoms with Gasteiger partial charge in [0.2, 0.25) is 0 Å². The zero-order valence-electron chi connectivity index (χ0n) is 9.36. The number of hydrogen-bond acceptors (Lipinski definition) is 3. The van der Waals surface area contributed by atoms with Crippen molar-refractivity contribution in [3.63, 3.8) is 0 Å². The Hall–Kier alpha value is -2.04. The molecule has 0 aliphatic carbocycles. The third-order valence-electron chi connectivity index (χ3n) is 2.06. The van der Waals surface area contributed by atoms with Crippen LogP contribution in [-0.4, -0.2) is 26.1 Å². The van der Waals surface area contributed by atoms with Crippen LogP contribution in [0, 0.1) is 0 Å². The van der Waals surface area contributed by atoms with Gasteiger partial charge in [-0.25, -0.2) is 4.79 Å². The number of methoxy groups -OCH3 is 1. The third kappa shape index (κ3) is 3.27. The number of guanidine groups is 1. The van der Waals surface area contributed by atoms with E-state index in [1.54, 1.807) is 25.2 Å². The molecule has 86 valence electrons. The fourth-order valence-electron chi connectivity index (χ4n) is 1.20. The minimum atomic E-state index is -0.348. The van der Waals surface area contributed by atoms with E-state index in [2.05, 4.69) is 15.0 Å². The Balaban J connectivity index is 2.71. The van der Waals surface area contributed by atoms with Crippen LogP contribution in [0.4, 0.5) is 0 Å². The second-order valence-electron chi connectivity index (χ2n) is 3.15. The molecular formula is C11H15N3O2. The monoisotopic (exact) mass is 221 g/mol. The van der Waals surface area contributed by atoms with Crippen molar-refractivity contribution >= 4 is 11.9 Å². The van der Waals surface area contributed by atoms with Gasteiger partial charge in [-0.15, -0.1) is 0 Å². The smallest absolute Gasteiger partial charge is 0.337 e. The predicted octanol–water partition coefficient (Wildman–Crippen LogP) is 0.507. The van der Waals surface area contributed by atoms with Crippen molar-refractivity contribution in [1.82, 2.24) is 5.32 Å². The molecule has 0 radical (unpaired) electrons. The van der Waals surface area contributed by atoms with Crippen molar-refractivity contribution in [2.45, 2.75) is 6.54 Å². The molecule has 0 aliphatic heterocycles. The predicted molar refractivity (Wildman–Crippen MR) is 62.2 cm³/mol. The molecule has 1 aromatic carbocycles. The Morgan fingerprint density at radius 2 is 2.31 bits per heavy atom. The number of hydrogen-bond donors (Lipinski definition) is 2. The number of carbonyl (C=O) groups is 1. The average molecular weight is 221 g/mol.